The lowest BCUT2D eigenvalue weighted by molar-refractivity contribution is -0.383. The Morgan fingerprint density at radius 3 is 2.59 bits per heavy atom. The molecule has 12 heteroatoms. The molecule has 1 aromatic carbocycles. The van der Waals surface area contributed by atoms with Gasteiger partial charge in [0.25, 0.3) is 0 Å². The summed E-state index contributed by atoms with van der Waals surface area (Å²) in [5.74, 6) is -1.66. The van der Waals surface area contributed by atoms with Crippen LogP contribution in [0, 0.1) is 10.1 Å². The van der Waals surface area contributed by atoms with Crippen LogP contribution in [0.1, 0.15) is 32.6 Å². The average Bonchev–Trinajstić information content (AvgIpc) is 3.29. The maximum Gasteiger partial charge on any atom is 0.355 e. The number of aromatic hydroxyl groups is 2. The Morgan fingerprint density at radius 1 is 1.24 bits per heavy atom. The summed E-state index contributed by atoms with van der Waals surface area (Å²) in [4.78, 5) is 28.3. The van der Waals surface area contributed by atoms with Crippen LogP contribution in [0.25, 0.3) is 11.0 Å². The summed E-state index contributed by atoms with van der Waals surface area (Å²) < 4.78 is 5.22. The molecule has 3 N–H and O–H groups in total. The van der Waals surface area contributed by atoms with Crippen LogP contribution in [-0.4, -0.2) is 42.2 Å². The highest BCUT2D eigenvalue weighted by atomic mass is 16.7. The molecule has 0 radical (unpaired) electrons. The van der Waals surface area contributed by atoms with E-state index in [1.807, 2.05) is 6.92 Å². The highest BCUT2D eigenvalue weighted by molar-refractivity contribution is 5.94. The van der Waals surface area contributed by atoms with Crippen LogP contribution < -0.4 is 10.2 Å². The van der Waals surface area contributed by atoms with Crippen molar-refractivity contribution in [1.29, 1.82) is 0 Å². The molecule has 0 aliphatic carbocycles. The minimum atomic E-state index is -0.885. The van der Waals surface area contributed by atoms with E-state index in [0.717, 1.165) is 12.8 Å². The normalized spacial score (nSPS) is 12.0. The largest absolute Gasteiger partial charge is 0.492 e. The Morgan fingerprint density at radius 2 is 1.93 bits per heavy atom. The Bertz CT molecular complexity index is 1010. The van der Waals surface area contributed by atoms with Gasteiger partial charge in [-0.05, 0) is 22.8 Å². The number of unbranched alkanes of at least 4 members (excludes halogenated alkanes) is 2. The molecule has 12 nitrogen and oxygen atoms in total. The maximum atomic E-state index is 12.7. The van der Waals surface area contributed by atoms with E-state index in [4.69, 9.17) is 4.84 Å². The van der Waals surface area contributed by atoms with Gasteiger partial charge in [-0.3, -0.25) is 10.1 Å². The first kappa shape index (κ1) is 19.9. The molecular weight excluding hydrogens is 386 g/mol. The summed E-state index contributed by atoms with van der Waals surface area (Å²) in [7, 11) is 0. The third-order valence-electron chi connectivity index (χ3n) is 4.28. The molecule has 154 valence electrons. The van der Waals surface area contributed by atoms with Crippen LogP contribution in [0.5, 0.6) is 11.8 Å². The molecule has 0 bridgehead atoms. The van der Waals surface area contributed by atoms with E-state index < -0.39 is 28.7 Å². The summed E-state index contributed by atoms with van der Waals surface area (Å²) in [6.45, 7) is 2.01. The molecule has 0 fully saturated rings. The Kier molecular flexibility index (Phi) is 5.81. The first-order valence-corrected chi connectivity index (χ1v) is 8.90. The first-order chi connectivity index (χ1) is 13.9. The van der Waals surface area contributed by atoms with Crippen LogP contribution in [0.4, 0.5) is 11.4 Å². The van der Waals surface area contributed by atoms with Gasteiger partial charge in [0.15, 0.2) is 5.52 Å². The molecular formula is C17H19N5O7. The number of non-ortho nitro benzene ring substituents is 1. The van der Waals surface area contributed by atoms with Gasteiger partial charge in [-0.1, -0.05) is 26.2 Å². The summed E-state index contributed by atoms with van der Waals surface area (Å²) in [6, 6.07) is 4.08. The predicted octanol–water partition coefficient (Wildman–Crippen LogP) is 2.36. The van der Waals surface area contributed by atoms with Crippen molar-refractivity contribution in [3.05, 3.63) is 34.4 Å². The molecule has 0 spiro atoms. The number of carbonyl (C=O) groups excluding carboxylic acids is 1. The predicted molar refractivity (Wildman–Crippen MR) is 99.4 cm³/mol. The third kappa shape index (κ3) is 4.20. The first-order valence-electron chi connectivity index (χ1n) is 8.90. The lowest BCUT2D eigenvalue weighted by atomic mass is 10.1. The van der Waals surface area contributed by atoms with Gasteiger partial charge in [0.05, 0.1) is 10.6 Å². The van der Waals surface area contributed by atoms with Gasteiger partial charge < -0.3 is 20.4 Å². The highest BCUT2D eigenvalue weighted by Crippen LogP contribution is 2.29. The number of aromatic nitrogens is 3. The van der Waals surface area contributed by atoms with Crippen LogP contribution in [0.15, 0.2) is 28.9 Å². The number of nitro groups is 1. The van der Waals surface area contributed by atoms with Crippen LogP contribution in [0.3, 0.4) is 0 Å². The molecule has 3 aromatic rings. The minimum Gasteiger partial charge on any atom is -0.492 e. The van der Waals surface area contributed by atoms with Crippen molar-refractivity contribution in [3.63, 3.8) is 0 Å². The zero-order valence-electron chi connectivity index (χ0n) is 15.4. The van der Waals surface area contributed by atoms with Crippen molar-refractivity contribution >= 4 is 28.4 Å². The number of nitro benzene ring substituents is 1. The van der Waals surface area contributed by atoms with E-state index in [0.29, 0.717) is 23.3 Å². The van der Waals surface area contributed by atoms with Gasteiger partial charge in [0.1, 0.15) is 6.04 Å². The van der Waals surface area contributed by atoms with E-state index in [1.165, 1.54) is 24.3 Å². The topological polar surface area (TPSA) is 166 Å². The van der Waals surface area contributed by atoms with Crippen molar-refractivity contribution in [2.45, 2.75) is 38.6 Å². The van der Waals surface area contributed by atoms with Crippen LogP contribution >= 0.6 is 0 Å². The minimum absolute atomic E-state index is 0.0543. The molecule has 0 aliphatic rings. The zero-order chi connectivity index (χ0) is 21.0. The average molecular weight is 405 g/mol. The van der Waals surface area contributed by atoms with Crippen molar-refractivity contribution in [2.75, 3.05) is 5.32 Å². The number of benzene rings is 1. The molecule has 1 unspecified atom stereocenters. The number of fused-ring (bicyclic) bond motifs is 1. The van der Waals surface area contributed by atoms with Gasteiger partial charge in [-0.25, -0.2) is 9.42 Å². The summed E-state index contributed by atoms with van der Waals surface area (Å²) in [6.07, 6.45) is 2.86. The van der Waals surface area contributed by atoms with Crippen molar-refractivity contribution < 1.29 is 29.4 Å². The Labute approximate surface area is 163 Å². The van der Waals surface area contributed by atoms with Gasteiger partial charge in [-0.2, -0.15) is 0 Å². The number of hydrogen-bond donors (Lipinski definition) is 3. The maximum absolute atomic E-state index is 12.7. The van der Waals surface area contributed by atoms with Crippen LogP contribution in [-0.2, 0) is 4.79 Å². The fraction of sp³-hybridized carbons (Fsp3) is 0.353. The quantitative estimate of drug-likeness (QED) is 0.273. The summed E-state index contributed by atoms with van der Waals surface area (Å²) >= 11 is 0. The lowest BCUT2D eigenvalue weighted by Gasteiger charge is -2.19. The second kappa shape index (κ2) is 8.46. The molecule has 2 aromatic heterocycles. The third-order valence-corrected chi connectivity index (χ3v) is 4.28. The van der Waals surface area contributed by atoms with E-state index >= 15 is 0 Å². The molecule has 1 atom stereocenters. The number of hydrogen-bond acceptors (Lipinski definition) is 10. The van der Waals surface area contributed by atoms with Gasteiger partial charge >= 0.3 is 11.7 Å². The SMILES string of the molecule is CCCCCC(Nc1ccc([N+](=O)[O-])c2nonc12)C(=O)On1c(O)ccc1O. The monoisotopic (exact) mass is 405 g/mol. The molecule has 0 saturated carbocycles. The molecule has 29 heavy (non-hydrogen) atoms. The molecule has 2 heterocycles. The Balaban J connectivity index is 1.87. The van der Waals surface area contributed by atoms with Gasteiger partial charge in [0, 0.05) is 18.2 Å². The molecule has 0 saturated heterocycles. The van der Waals surface area contributed by atoms with Crippen molar-refractivity contribution in [3.8, 4) is 11.8 Å². The Hall–Kier alpha value is -3.83. The van der Waals surface area contributed by atoms with Crippen molar-refractivity contribution in [2.24, 2.45) is 0 Å². The second-order valence-electron chi connectivity index (χ2n) is 6.30. The number of anilines is 1. The van der Waals surface area contributed by atoms with Crippen LogP contribution in [0.2, 0.25) is 0 Å². The molecule has 0 aliphatic heterocycles. The molecule has 3 rings (SSSR count). The van der Waals surface area contributed by atoms with Gasteiger partial charge in [0.2, 0.25) is 17.3 Å². The number of carbonyl (C=O) groups is 1. The second-order valence-corrected chi connectivity index (χ2v) is 6.30. The fourth-order valence-electron chi connectivity index (χ4n) is 2.80. The molecule has 0 amide bonds. The van der Waals surface area contributed by atoms with E-state index in [2.05, 4.69) is 20.3 Å². The standard InChI is InChI=1S/C17H19N5O7/c1-2-3-4-5-11(17(25)28-21-13(23)8-9-14(21)24)18-10-6-7-12(22(26)27)16-15(10)19-29-20-16/h6-9,11,18,23-24H,2-5H2,1H3. The zero-order valence-corrected chi connectivity index (χ0v) is 15.4. The van der Waals surface area contributed by atoms with Gasteiger partial charge in [-0.15, -0.1) is 4.73 Å². The van der Waals surface area contributed by atoms with E-state index in [-0.39, 0.29) is 16.7 Å². The highest BCUT2D eigenvalue weighted by Gasteiger charge is 2.26. The van der Waals surface area contributed by atoms with E-state index in [1.54, 1.807) is 0 Å². The number of rotatable bonds is 9. The fourth-order valence-corrected chi connectivity index (χ4v) is 2.80. The smallest absolute Gasteiger partial charge is 0.355 e. The summed E-state index contributed by atoms with van der Waals surface area (Å²) in [5.41, 5.74) is 0.0610. The number of nitrogens with zero attached hydrogens (tertiary/aromatic N) is 4. The van der Waals surface area contributed by atoms with Crippen molar-refractivity contribution in [1.82, 2.24) is 15.0 Å². The summed E-state index contributed by atoms with van der Waals surface area (Å²) in [5, 5.41) is 40.7. The van der Waals surface area contributed by atoms with E-state index in [9.17, 15) is 25.1 Å². The lowest BCUT2D eigenvalue weighted by Crippen LogP contribution is -2.36. The number of nitrogens with one attached hydrogen (secondary N) is 1.